The Bertz CT molecular complexity index is 1110. The lowest BCUT2D eigenvalue weighted by Crippen LogP contribution is -2.04. The molecule has 1 aliphatic rings. The molecule has 0 saturated heterocycles. The first-order valence-electron chi connectivity index (χ1n) is 14.6. The van der Waals surface area contributed by atoms with Gasteiger partial charge in [0.2, 0.25) is 0 Å². The molecule has 0 saturated carbocycles. The van der Waals surface area contributed by atoms with Crippen LogP contribution in [0.5, 0.6) is 11.5 Å². The van der Waals surface area contributed by atoms with Crippen molar-refractivity contribution in [2.24, 2.45) is 0 Å². The number of ether oxygens (including phenoxy) is 4. The van der Waals surface area contributed by atoms with Crippen LogP contribution in [0.4, 0.5) is 0 Å². The fraction of sp³-hybridized carbons (Fsp3) is 0.613. The van der Waals surface area contributed by atoms with Crippen molar-refractivity contribution in [3.8, 4) is 23.6 Å². The van der Waals surface area contributed by atoms with Gasteiger partial charge in [-0.2, -0.15) is 10.5 Å². The zero-order chi connectivity index (χ0) is 29.9. The molecule has 224 valence electrons. The number of rotatable bonds is 20. The lowest BCUT2D eigenvalue weighted by Gasteiger charge is -2.16. The summed E-state index contributed by atoms with van der Waals surface area (Å²) in [4.78, 5) is 24.7. The Hall–Kier alpha value is -2.82. The Labute approximate surface area is 253 Å². The second-order valence-electron chi connectivity index (χ2n) is 9.61. The maximum absolute atomic E-state index is 11.4. The van der Waals surface area contributed by atoms with E-state index in [4.69, 9.17) is 18.9 Å². The number of hydrogen-bond acceptors (Lipinski definition) is 10. The number of esters is 2. The van der Waals surface area contributed by atoms with Crippen molar-refractivity contribution in [1.29, 1.82) is 10.5 Å². The van der Waals surface area contributed by atoms with Gasteiger partial charge in [-0.05, 0) is 58.1 Å². The third-order valence-electron chi connectivity index (χ3n) is 6.32. The van der Waals surface area contributed by atoms with E-state index in [1.165, 1.54) is 23.5 Å². The summed E-state index contributed by atoms with van der Waals surface area (Å²) in [6.07, 6.45) is 10.5. The van der Waals surface area contributed by atoms with Crippen LogP contribution in [0.2, 0.25) is 0 Å². The van der Waals surface area contributed by atoms with Crippen LogP contribution in [0.1, 0.15) is 96.5 Å². The van der Waals surface area contributed by atoms with Crippen LogP contribution in [0.3, 0.4) is 0 Å². The maximum atomic E-state index is 11.4. The van der Waals surface area contributed by atoms with Crippen LogP contribution in [0.25, 0.3) is 0 Å². The average Bonchev–Trinajstić information content (AvgIpc) is 3.39. The van der Waals surface area contributed by atoms with Crippen molar-refractivity contribution in [2.45, 2.75) is 108 Å². The topological polar surface area (TPSA) is 119 Å². The van der Waals surface area contributed by atoms with E-state index < -0.39 is 0 Å². The van der Waals surface area contributed by atoms with Gasteiger partial charge in [0.15, 0.2) is 0 Å². The molecule has 0 aliphatic carbocycles. The highest BCUT2D eigenvalue weighted by Crippen LogP contribution is 2.59. The van der Waals surface area contributed by atoms with Crippen LogP contribution in [-0.4, -0.2) is 38.4 Å². The zero-order valence-electron chi connectivity index (χ0n) is 24.6. The van der Waals surface area contributed by atoms with E-state index in [-0.39, 0.29) is 17.5 Å². The highest BCUT2D eigenvalue weighted by atomic mass is 32.2. The van der Waals surface area contributed by atoms with Gasteiger partial charge in [0.25, 0.3) is 0 Å². The molecular weight excluding hydrogens is 560 g/mol. The minimum absolute atomic E-state index is 0.0939. The number of benzene rings is 1. The molecule has 0 fully saturated rings. The molecule has 0 aromatic heterocycles. The normalized spacial score (nSPS) is 11.8. The van der Waals surface area contributed by atoms with Crippen molar-refractivity contribution in [2.75, 3.05) is 26.4 Å². The van der Waals surface area contributed by atoms with E-state index in [1.54, 1.807) is 0 Å². The molecule has 1 aromatic rings. The van der Waals surface area contributed by atoms with E-state index in [0.717, 1.165) is 91.1 Å². The predicted octanol–water partition coefficient (Wildman–Crippen LogP) is 8.02. The number of thioether (sulfide) groups is 2. The van der Waals surface area contributed by atoms with E-state index in [9.17, 15) is 20.1 Å². The number of aryl methyl sites for hydroxylation is 1. The van der Waals surface area contributed by atoms with Crippen LogP contribution >= 0.6 is 23.5 Å². The van der Waals surface area contributed by atoms with Gasteiger partial charge in [-0.25, -0.2) is 0 Å². The van der Waals surface area contributed by atoms with E-state index >= 15 is 0 Å². The van der Waals surface area contributed by atoms with Gasteiger partial charge < -0.3 is 18.9 Å². The molecule has 0 atom stereocenters. The molecule has 10 heteroatoms. The first-order valence-corrected chi connectivity index (χ1v) is 16.2. The van der Waals surface area contributed by atoms with Crippen LogP contribution in [0, 0.1) is 29.6 Å². The Morgan fingerprint density at radius 2 is 1.22 bits per heavy atom. The summed E-state index contributed by atoms with van der Waals surface area (Å²) >= 11 is 2.79. The smallest absolute Gasteiger partial charge is 0.305 e. The van der Waals surface area contributed by atoms with Crippen molar-refractivity contribution >= 4 is 35.5 Å². The molecule has 0 spiro atoms. The molecule has 0 N–H and O–H groups in total. The third-order valence-corrected chi connectivity index (χ3v) is 8.94. The Morgan fingerprint density at radius 1 is 0.732 bits per heavy atom. The van der Waals surface area contributed by atoms with Crippen LogP contribution in [-0.2, 0) is 19.1 Å². The van der Waals surface area contributed by atoms with Crippen LogP contribution < -0.4 is 9.47 Å². The van der Waals surface area contributed by atoms with E-state index in [2.05, 4.69) is 0 Å². The highest BCUT2D eigenvalue weighted by Gasteiger charge is 2.30. The second-order valence-corrected chi connectivity index (χ2v) is 11.9. The summed E-state index contributed by atoms with van der Waals surface area (Å²) < 4.78 is 23.0. The monoisotopic (exact) mass is 602 g/mol. The Morgan fingerprint density at radius 3 is 1.76 bits per heavy atom. The summed E-state index contributed by atoms with van der Waals surface area (Å²) in [7, 11) is 0. The summed E-state index contributed by atoms with van der Waals surface area (Å²) in [5.74, 6) is 1.26. The molecule has 0 radical (unpaired) electrons. The Balaban J connectivity index is 1.89. The number of carbonyl (C=O) groups is 2. The minimum atomic E-state index is -0.130. The molecule has 41 heavy (non-hydrogen) atoms. The quantitative estimate of drug-likeness (QED) is 0.0824. The second kappa shape index (κ2) is 20.1. The largest absolute Gasteiger partial charge is 0.492 e. The third kappa shape index (κ3) is 12.3. The van der Waals surface area contributed by atoms with Gasteiger partial charge >= 0.3 is 11.9 Å². The number of nitrogens with zero attached hydrogens (tertiary/aromatic N) is 2. The average molecular weight is 603 g/mol. The first kappa shape index (κ1) is 34.4. The van der Waals surface area contributed by atoms with E-state index in [0.29, 0.717) is 43.5 Å². The van der Waals surface area contributed by atoms with Gasteiger partial charge in [0.05, 0.1) is 40.5 Å². The van der Waals surface area contributed by atoms with Gasteiger partial charge in [-0.15, -0.1) is 0 Å². The van der Waals surface area contributed by atoms with Crippen molar-refractivity contribution in [1.82, 2.24) is 0 Å². The molecule has 0 unspecified atom stereocenters. The van der Waals surface area contributed by atoms with Crippen molar-refractivity contribution < 1.29 is 28.5 Å². The number of allylic oxidation sites excluding steroid dienone is 1. The lowest BCUT2D eigenvalue weighted by molar-refractivity contribution is -0.144. The molecule has 1 heterocycles. The lowest BCUT2D eigenvalue weighted by atomic mass is 10.1. The molecule has 2 rings (SSSR count). The SMILES string of the molecule is CCOC(=O)CCCCCCCOc1cc(C)c(OCCCCCCCC(=O)OCC)c2c1SC(=C(C#N)C#N)S2. The van der Waals surface area contributed by atoms with Gasteiger partial charge in [0.1, 0.15) is 29.2 Å². The number of nitriles is 2. The summed E-state index contributed by atoms with van der Waals surface area (Å²) in [6, 6.07) is 5.98. The summed E-state index contributed by atoms with van der Waals surface area (Å²) in [5, 5.41) is 18.9. The van der Waals surface area contributed by atoms with Gasteiger partial charge in [-0.1, -0.05) is 62.0 Å². The van der Waals surface area contributed by atoms with Gasteiger partial charge in [0, 0.05) is 12.8 Å². The number of carbonyl (C=O) groups excluding carboxylic acids is 2. The molecule has 8 nitrogen and oxygen atoms in total. The van der Waals surface area contributed by atoms with Crippen LogP contribution in [0.15, 0.2) is 25.7 Å². The highest BCUT2D eigenvalue weighted by molar-refractivity contribution is 8.24. The van der Waals surface area contributed by atoms with Crippen molar-refractivity contribution in [3.05, 3.63) is 21.4 Å². The Kier molecular flexibility index (Phi) is 16.9. The summed E-state index contributed by atoms with van der Waals surface area (Å²) in [5.41, 5.74) is 1.05. The fourth-order valence-electron chi connectivity index (χ4n) is 4.25. The fourth-order valence-corrected chi connectivity index (χ4v) is 6.83. The van der Waals surface area contributed by atoms with E-state index in [1.807, 2.05) is 39.0 Å². The standard InChI is InChI=1S/C31H42N2O6S2/c1-4-36-26(34)16-12-8-6-10-14-18-38-25-20-23(3)28(30-29(25)40-31(41-30)24(21-32)22-33)39-19-15-11-7-9-13-17-27(35)37-5-2/h20H,4-19H2,1-3H3. The zero-order valence-corrected chi connectivity index (χ0v) is 26.2. The molecular formula is C31H42N2O6S2. The van der Waals surface area contributed by atoms with Crippen molar-refractivity contribution in [3.63, 3.8) is 0 Å². The molecule has 0 amide bonds. The number of fused-ring (bicyclic) bond motifs is 1. The molecule has 0 bridgehead atoms. The van der Waals surface area contributed by atoms with Gasteiger partial charge in [-0.3, -0.25) is 9.59 Å². The number of unbranched alkanes of at least 4 members (excludes halogenated alkanes) is 8. The summed E-state index contributed by atoms with van der Waals surface area (Å²) in [6.45, 7) is 7.60. The molecule has 1 aliphatic heterocycles. The predicted molar refractivity (Wildman–Crippen MR) is 161 cm³/mol. The maximum Gasteiger partial charge on any atom is 0.305 e. The minimum Gasteiger partial charge on any atom is -0.492 e. The first-order chi connectivity index (χ1) is 19.9. The number of hydrogen-bond donors (Lipinski definition) is 0. The molecule has 1 aromatic carbocycles.